The van der Waals surface area contributed by atoms with Gasteiger partial charge in [-0.15, -0.1) is 11.3 Å². The zero-order valence-corrected chi connectivity index (χ0v) is 16.6. The molecule has 0 bridgehead atoms. The van der Waals surface area contributed by atoms with Gasteiger partial charge in [0.2, 0.25) is 5.91 Å². The standard InChI is InChI=1S/C20H20N4O4S/c1-27-16-5-3-2-4-14(16)21-18(25)11-24-8-6-15-17(10-24)29-20(22-15)23-19(26)13-7-9-28-12-13/h2-5,7,9,12H,6,8,10-11H2,1H3,(H,21,25)(H,22,23,26). The molecule has 0 saturated carbocycles. The third kappa shape index (κ3) is 4.47. The van der Waals surface area contributed by atoms with E-state index in [-0.39, 0.29) is 18.4 Å². The minimum Gasteiger partial charge on any atom is -0.495 e. The number of hydrogen-bond donors (Lipinski definition) is 2. The van der Waals surface area contributed by atoms with Crippen LogP contribution >= 0.6 is 11.3 Å². The van der Waals surface area contributed by atoms with Crippen molar-refractivity contribution in [1.82, 2.24) is 9.88 Å². The number of anilines is 2. The Morgan fingerprint density at radius 3 is 2.93 bits per heavy atom. The number of fused-ring (bicyclic) bond motifs is 1. The molecule has 8 nitrogen and oxygen atoms in total. The van der Waals surface area contributed by atoms with Crippen LogP contribution in [0.25, 0.3) is 0 Å². The summed E-state index contributed by atoms with van der Waals surface area (Å²) in [5, 5.41) is 6.25. The second-order valence-corrected chi connectivity index (χ2v) is 7.65. The summed E-state index contributed by atoms with van der Waals surface area (Å²) in [7, 11) is 1.57. The molecule has 1 aliphatic rings. The van der Waals surface area contributed by atoms with Crippen LogP contribution in [-0.4, -0.2) is 41.9 Å². The lowest BCUT2D eigenvalue weighted by molar-refractivity contribution is -0.117. The highest BCUT2D eigenvalue weighted by molar-refractivity contribution is 7.15. The van der Waals surface area contributed by atoms with Gasteiger partial charge in [-0.3, -0.25) is 19.8 Å². The summed E-state index contributed by atoms with van der Waals surface area (Å²) in [4.78, 5) is 32.2. The lowest BCUT2D eigenvalue weighted by Crippen LogP contribution is -2.36. The van der Waals surface area contributed by atoms with Crippen LogP contribution in [0.3, 0.4) is 0 Å². The largest absolute Gasteiger partial charge is 0.495 e. The van der Waals surface area contributed by atoms with Crippen molar-refractivity contribution < 1.29 is 18.7 Å². The maximum absolute atomic E-state index is 12.5. The van der Waals surface area contributed by atoms with Gasteiger partial charge in [0.05, 0.1) is 36.9 Å². The van der Waals surface area contributed by atoms with Crippen molar-refractivity contribution in [3.05, 3.63) is 59.0 Å². The van der Waals surface area contributed by atoms with E-state index in [0.717, 1.165) is 23.5 Å². The first-order chi connectivity index (χ1) is 14.1. The number of nitrogens with zero attached hydrogens (tertiary/aromatic N) is 2. The molecule has 0 atom stereocenters. The first-order valence-corrected chi connectivity index (χ1v) is 9.91. The highest BCUT2D eigenvalue weighted by Crippen LogP contribution is 2.29. The number of carbonyl (C=O) groups is 2. The Morgan fingerprint density at radius 1 is 1.28 bits per heavy atom. The van der Waals surface area contributed by atoms with Gasteiger partial charge in [0.15, 0.2) is 5.13 Å². The smallest absolute Gasteiger partial charge is 0.260 e. The monoisotopic (exact) mass is 412 g/mol. The average molecular weight is 412 g/mol. The number of benzene rings is 1. The normalized spacial score (nSPS) is 13.6. The second-order valence-electron chi connectivity index (χ2n) is 6.56. The molecule has 9 heteroatoms. The molecule has 1 aliphatic heterocycles. The number of rotatable bonds is 6. The van der Waals surface area contributed by atoms with Crippen LogP contribution in [-0.2, 0) is 17.8 Å². The first kappa shape index (κ1) is 19.2. The van der Waals surface area contributed by atoms with Gasteiger partial charge in [-0.25, -0.2) is 4.98 Å². The molecule has 4 rings (SSSR count). The van der Waals surface area contributed by atoms with Gasteiger partial charge < -0.3 is 14.5 Å². The minimum atomic E-state index is -0.252. The SMILES string of the molecule is COc1ccccc1NC(=O)CN1CCc2nc(NC(=O)c3ccoc3)sc2C1. The van der Waals surface area contributed by atoms with E-state index in [1.807, 2.05) is 18.2 Å². The Balaban J connectivity index is 1.35. The van der Waals surface area contributed by atoms with Crippen LogP contribution in [0.15, 0.2) is 47.3 Å². The van der Waals surface area contributed by atoms with Crippen molar-refractivity contribution in [2.24, 2.45) is 0 Å². The number of para-hydroxylation sites is 2. The minimum absolute atomic E-state index is 0.101. The molecule has 0 unspecified atom stereocenters. The maximum atomic E-state index is 12.5. The number of thiazole rings is 1. The van der Waals surface area contributed by atoms with Crippen LogP contribution in [0.2, 0.25) is 0 Å². The van der Waals surface area contributed by atoms with Crippen molar-refractivity contribution in [1.29, 1.82) is 0 Å². The second kappa shape index (κ2) is 8.46. The number of aromatic nitrogens is 1. The fraction of sp³-hybridized carbons (Fsp3) is 0.250. The van der Waals surface area contributed by atoms with E-state index >= 15 is 0 Å². The molecule has 0 saturated heterocycles. The third-order valence-electron chi connectivity index (χ3n) is 4.56. The number of carbonyl (C=O) groups excluding carboxylic acids is 2. The van der Waals surface area contributed by atoms with Gasteiger partial charge in [0.1, 0.15) is 12.0 Å². The van der Waals surface area contributed by atoms with E-state index in [4.69, 9.17) is 9.15 Å². The summed E-state index contributed by atoms with van der Waals surface area (Å²) in [5.74, 6) is 0.274. The summed E-state index contributed by atoms with van der Waals surface area (Å²) in [6.45, 7) is 1.62. The average Bonchev–Trinajstić information content (AvgIpc) is 3.37. The molecule has 2 amide bonds. The molecule has 3 aromatic rings. The molecular formula is C20H20N4O4S. The van der Waals surface area contributed by atoms with Crippen LogP contribution in [0.4, 0.5) is 10.8 Å². The van der Waals surface area contributed by atoms with Crippen LogP contribution in [0.5, 0.6) is 5.75 Å². The zero-order valence-electron chi connectivity index (χ0n) is 15.8. The molecule has 0 radical (unpaired) electrons. The van der Waals surface area contributed by atoms with E-state index < -0.39 is 0 Å². The summed E-state index contributed by atoms with van der Waals surface area (Å²) >= 11 is 1.43. The Hall–Kier alpha value is -3.17. The molecule has 29 heavy (non-hydrogen) atoms. The van der Waals surface area contributed by atoms with Crippen molar-refractivity contribution in [2.45, 2.75) is 13.0 Å². The Labute approximate surface area is 171 Å². The van der Waals surface area contributed by atoms with Gasteiger partial charge in [0.25, 0.3) is 5.91 Å². The van der Waals surface area contributed by atoms with E-state index in [1.165, 1.54) is 23.9 Å². The lowest BCUT2D eigenvalue weighted by Gasteiger charge is -2.25. The van der Waals surface area contributed by atoms with Crippen LogP contribution in [0.1, 0.15) is 20.9 Å². The Kier molecular flexibility index (Phi) is 5.59. The van der Waals surface area contributed by atoms with Crippen LogP contribution < -0.4 is 15.4 Å². The highest BCUT2D eigenvalue weighted by Gasteiger charge is 2.23. The molecule has 3 heterocycles. The van der Waals surface area contributed by atoms with E-state index in [9.17, 15) is 9.59 Å². The summed E-state index contributed by atoms with van der Waals surface area (Å²) < 4.78 is 10.2. The highest BCUT2D eigenvalue weighted by atomic mass is 32.1. The molecular weight excluding hydrogens is 392 g/mol. The number of ether oxygens (including phenoxy) is 1. The van der Waals surface area contributed by atoms with Crippen LogP contribution in [0, 0.1) is 0 Å². The van der Waals surface area contributed by atoms with E-state index in [1.54, 1.807) is 19.2 Å². The van der Waals surface area contributed by atoms with E-state index in [0.29, 0.717) is 28.7 Å². The predicted molar refractivity (Wildman–Crippen MR) is 109 cm³/mol. The zero-order chi connectivity index (χ0) is 20.2. The maximum Gasteiger partial charge on any atom is 0.260 e. The van der Waals surface area contributed by atoms with Gasteiger partial charge in [-0.1, -0.05) is 12.1 Å². The summed E-state index contributed by atoms with van der Waals surface area (Å²) in [6, 6.07) is 8.92. The Bertz CT molecular complexity index is 1020. The van der Waals surface area contributed by atoms with Crippen molar-refractivity contribution >= 4 is 34.0 Å². The third-order valence-corrected chi connectivity index (χ3v) is 5.56. The summed E-state index contributed by atoms with van der Waals surface area (Å²) in [6.07, 6.45) is 3.58. The van der Waals surface area contributed by atoms with Gasteiger partial charge in [0, 0.05) is 24.4 Å². The number of amides is 2. The molecule has 2 N–H and O–H groups in total. The molecule has 1 aromatic carbocycles. The lowest BCUT2D eigenvalue weighted by atomic mass is 10.2. The fourth-order valence-electron chi connectivity index (χ4n) is 3.14. The number of furan rings is 1. The van der Waals surface area contributed by atoms with Crippen molar-refractivity contribution in [3.8, 4) is 5.75 Å². The number of hydrogen-bond acceptors (Lipinski definition) is 7. The topological polar surface area (TPSA) is 96.7 Å². The number of methoxy groups -OCH3 is 1. The summed E-state index contributed by atoms with van der Waals surface area (Å²) in [5.41, 5.74) is 2.08. The van der Waals surface area contributed by atoms with Crippen molar-refractivity contribution in [3.63, 3.8) is 0 Å². The molecule has 2 aromatic heterocycles. The van der Waals surface area contributed by atoms with Gasteiger partial charge in [-0.2, -0.15) is 0 Å². The van der Waals surface area contributed by atoms with Gasteiger partial charge >= 0.3 is 0 Å². The molecule has 0 spiro atoms. The van der Waals surface area contributed by atoms with E-state index in [2.05, 4.69) is 20.5 Å². The molecule has 0 fully saturated rings. The van der Waals surface area contributed by atoms with Crippen molar-refractivity contribution in [2.75, 3.05) is 30.8 Å². The number of nitrogens with one attached hydrogen (secondary N) is 2. The Morgan fingerprint density at radius 2 is 2.14 bits per heavy atom. The molecule has 0 aliphatic carbocycles. The van der Waals surface area contributed by atoms with Gasteiger partial charge in [-0.05, 0) is 18.2 Å². The molecule has 150 valence electrons. The predicted octanol–water partition coefficient (Wildman–Crippen LogP) is 2.99. The quantitative estimate of drug-likeness (QED) is 0.646. The fourth-order valence-corrected chi connectivity index (χ4v) is 4.19. The first-order valence-electron chi connectivity index (χ1n) is 9.09.